The summed E-state index contributed by atoms with van der Waals surface area (Å²) in [5.41, 5.74) is 5.49. The molecule has 3 heteroatoms. The largest absolute Gasteiger partial charge is 0.414 e. The lowest BCUT2D eigenvalue weighted by Gasteiger charge is -2.38. The summed E-state index contributed by atoms with van der Waals surface area (Å²) in [6.07, 6.45) is 1.28. The van der Waals surface area contributed by atoms with Gasteiger partial charge in [0.15, 0.2) is 8.32 Å². The zero-order valence-corrected chi connectivity index (χ0v) is 11.0. The van der Waals surface area contributed by atoms with Crippen LogP contribution >= 0.6 is 0 Å². The molecule has 0 unspecified atom stereocenters. The summed E-state index contributed by atoms with van der Waals surface area (Å²) in [5, 5.41) is 0.301. The van der Waals surface area contributed by atoms with Crippen molar-refractivity contribution in [3.63, 3.8) is 0 Å². The average molecular weight is 203 g/mol. The van der Waals surface area contributed by atoms with Gasteiger partial charge in [-0.1, -0.05) is 20.8 Å². The third-order valence-corrected chi connectivity index (χ3v) is 7.48. The van der Waals surface area contributed by atoms with Crippen LogP contribution in [0.3, 0.4) is 0 Å². The molecule has 0 aliphatic carbocycles. The van der Waals surface area contributed by atoms with Gasteiger partial charge in [-0.15, -0.1) is 0 Å². The normalized spacial score (nSPS) is 15.9. The molecule has 0 aromatic rings. The van der Waals surface area contributed by atoms with Crippen LogP contribution in [0.15, 0.2) is 0 Å². The first-order valence-electron chi connectivity index (χ1n) is 5.08. The second-order valence-electron chi connectivity index (χ2n) is 5.27. The Kier molecular flexibility index (Phi) is 4.62. The Balaban J connectivity index is 4.17. The Morgan fingerprint density at radius 1 is 1.31 bits per heavy atom. The molecule has 0 saturated carbocycles. The number of nitrogens with two attached hydrogens (primary N) is 1. The summed E-state index contributed by atoms with van der Waals surface area (Å²) in [5.74, 6) is 0. The summed E-state index contributed by atoms with van der Waals surface area (Å²) in [4.78, 5) is 0. The van der Waals surface area contributed by atoms with E-state index in [2.05, 4.69) is 40.8 Å². The molecule has 0 saturated heterocycles. The van der Waals surface area contributed by atoms with Gasteiger partial charge in [-0.2, -0.15) is 0 Å². The maximum atomic E-state index is 6.10. The van der Waals surface area contributed by atoms with Gasteiger partial charge in [-0.3, -0.25) is 0 Å². The van der Waals surface area contributed by atoms with E-state index >= 15 is 0 Å². The quantitative estimate of drug-likeness (QED) is 0.713. The lowest BCUT2D eigenvalue weighted by molar-refractivity contribution is 0.192. The highest BCUT2D eigenvalue weighted by molar-refractivity contribution is 6.74. The molecule has 0 radical (unpaired) electrons. The predicted molar refractivity (Wildman–Crippen MR) is 61.4 cm³/mol. The fraction of sp³-hybridized carbons (Fsp3) is 1.00. The lowest BCUT2D eigenvalue weighted by Crippen LogP contribution is -2.43. The number of hydrogen-bond acceptors (Lipinski definition) is 2. The number of rotatable bonds is 4. The van der Waals surface area contributed by atoms with Gasteiger partial charge in [0.2, 0.25) is 0 Å². The summed E-state index contributed by atoms with van der Waals surface area (Å²) in [7, 11) is -1.56. The van der Waals surface area contributed by atoms with E-state index in [4.69, 9.17) is 10.2 Å². The van der Waals surface area contributed by atoms with Crippen LogP contribution in [0.5, 0.6) is 0 Å². The molecule has 13 heavy (non-hydrogen) atoms. The maximum absolute atomic E-state index is 6.10. The van der Waals surface area contributed by atoms with Gasteiger partial charge >= 0.3 is 0 Å². The van der Waals surface area contributed by atoms with Crippen molar-refractivity contribution in [1.82, 2.24) is 0 Å². The minimum absolute atomic E-state index is 0.301. The third-order valence-electron chi connectivity index (χ3n) is 2.88. The zero-order chi connectivity index (χ0) is 10.7. The van der Waals surface area contributed by atoms with Crippen molar-refractivity contribution >= 4 is 8.32 Å². The van der Waals surface area contributed by atoms with Crippen LogP contribution in [-0.2, 0) is 4.43 Å². The summed E-state index contributed by atoms with van der Waals surface area (Å²) >= 11 is 0. The standard InChI is InChI=1S/C10H25NOSi/c1-9(7-8-11)12-13(5,6)10(2,3)4/h9H,7-8,11H2,1-6H3/t9-/m1/s1. The van der Waals surface area contributed by atoms with Gasteiger partial charge in [0, 0.05) is 6.10 Å². The molecule has 0 rings (SSSR count). The second kappa shape index (κ2) is 4.58. The van der Waals surface area contributed by atoms with E-state index in [1.165, 1.54) is 0 Å². The molecule has 0 fully saturated rings. The molecule has 2 nitrogen and oxygen atoms in total. The fourth-order valence-corrected chi connectivity index (χ4v) is 2.45. The Morgan fingerprint density at radius 2 is 1.77 bits per heavy atom. The monoisotopic (exact) mass is 203 g/mol. The molecule has 0 spiro atoms. The van der Waals surface area contributed by atoms with E-state index in [-0.39, 0.29) is 0 Å². The summed E-state index contributed by atoms with van der Waals surface area (Å²) < 4.78 is 6.10. The molecule has 0 heterocycles. The van der Waals surface area contributed by atoms with Gasteiger partial charge in [0.1, 0.15) is 0 Å². The van der Waals surface area contributed by atoms with E-state index in [9.17, 15) is 0 Å². The van der Waals surface area contributed by atoms with Crippen LogP contribution in [0, 0.1) is 0 Å². The van der Waals surface area contributed by atoms with Gasteiger partial charge in [0.25, 0.3) is 0 Å². The van der Waals surface area contributed by atoms with E-state index in [1.807, 2.05) is 0 Å². The van der Waals surface area contributed by atoms with Crippen LogP contribution in [0.1, 0.15) is 34.1 Å². The first kappa shape index (κ1) is 13.1. The van der Waals surface area contributed by atoms with Crippen molar-refractivity contribution < 1.29 is 4.43 Å². The van der Waals surface area contributed by atoms with Gasteiger partial charge in [-0.05, 0) is 38.0 Å². The molecule has 80 valence electrons. The molecule has 0 amide bonds. The van der Waals surface area contributed by atoms with Crippen LogP contribution < -0.4 is 5.73 Å². The van der Waals surface area contributed by atoms with Crippen LogP contribution in [-0.4, -0.2) is 21.0 Å². The van der Waals surface area contributed by atoms with Crippen LogP contribution in [0.25, 0.3) is 0 Å². The Bertz CT molecular complexity index is 151. The van der Waals surface area contributed by atoms with Crippen LogP contribution in [0.4, 0.5) is 0 Å². The maximum Gasteiger partial charge on any atom is 0.192 e. The van der Waals surface area contributed by atoms with Crippen molar-refractivity contribution in [3.8, 4) is 0 Å². The Hall–Kier alpha value is 0.137. The minimum atomic E-state index is -1.56. The molecule has 1 atom stereocenters. The third kappa shape index (κ3) is 4.25. The average Bonchev–Trinajstić information content (AvgIpc) is 1.83. The van der Waals surface area contributed by atoms with Gasteiger partial charge in [0.05, 0.1) is 0 Å². The van der Waals surface area contributed by atoms with E-state index in [1.54, 1.807) is 0 Å². The highest BCUT2D eigenvalue weighted by atomic mass is 28.4. The topological polar surface area (TPSA) is 35.2 Å². The zero-order valence-electron chi connectivity index (χ0n) is 9.98. The Labute approximate surface area is 84.0 Å². The van der Waals surface area contributed by atoms with Gasteiger partial charge < -0.3 is 10.2 Å². The van der Waals surface area contributed by atoms with Crippen LogP contribution in [0.2, 0.25) is 18.1 Å². The predicted octanol–water partition coefficient (Wildman–Crippen LogP) is 2.75. The van der Waals surface area contributed by atoms with E-state index < -0.39 is 8.32 Å². The van der Waals surface area contributed by atoms with Crippen molar-refractivity contribution in [2.24, 2.45) is 5.73 Å². The van der Waals surface area contributed by atoms with Crippen molar-refractivity contribution in [3.05, 3.63) is 0 Å². The fourth-order valence-electron chi connectivity index (χ4n) is 0.973. The minimum Gasteiger partial charge on any atom is -0.414 e. The Morgan fingerprint density at radius 3 is 2.08 bits per heavy atom. The molecule has 0 aromatic heterocycles. The molecule has 0 aliphatic heterocycles. The van der Waals surface area contributed by atoms with Crippen molar-refractivity contribution in [2.75, 3.05) is 6.54 Å². The first-order valence-corrected chi connectivity index (χ1v) is 7.99. The first-order chi connectivity index (χ1) is 5.70. The van der Waals surface area contributed by atoms with Gasteiger partial charge in [-0.25, -0.2) is 0 Å². The number of hydrogen-bond donors (Lipinski definition) is 1. The highest BCUT2D eigenvalue weighted by Crippen LogP contribution is 2.37. The van der Waals surface area contributed by atoms with E-state index in [0.29, 0.717) is 11.1 Å². The van der Waals surface area contributed by atoms with Crippen molar-refractivity contribution in [1.29, 1.82) is 0 Å². The summed E-state index contributed by atoms with van der Waals surface area (Å²) in [6.45, 7) is 14.2. The molecular weight excluding hydrogens is 178 g/mol. The van der Waals surface area contributed by atoms with Crippen molar-refractivity contribution in [2.45, 2.75) is 58.4 Å². The second-order valence-corrected chi connectivity index (χ2v) is 10.0. The molecule has 0 aliphatic rings. The molecular formula is C10H25NOSi. The smallest absolute Gasteiger partial charge is 0.192 e. The summed E-state index contributed by atoms with van der Waals surface area (Å²) in [6, 6.07) is 0. The highest BCUT2D eigenvalue weighted by Gasteiger charge is 2.38. The molecule has 2 N–H and O–H groups in total. The molecule has 0 bridgehead atoms. The SMILES string of the molecule is C[C@H](CCN)O[Si](C)(C)C(C)(C)C. The molecule has 0 aromatic carbocycles. The lowest BCUT2D eigenvalue weighted by atomic mass is 10.2. The van der Waals surface area contributed by atoms with E-state index in [0.717, 1.165) is 13.0 Å².